The SMILES string of the molecule is CCOC(=O)c1oc2ccc(NC(=O)C=Cc3cccc(I)c3)cc2c1C. The van der Waals surface area contributed by atoms with Gasteiger partial charge in [-0.1, -0.05) is 12.1 Å². The number of carbonyl (C=O) groups is 2. The summed E-state index contributed by atoms with van der Waals surface area (Å²) in [6.07, 6.45) is 3.25. The first-order chi connectivity index (χ1) is 13.0. The molecule has 3 rings (SSSR count). The highest BCUT2D eigenvalue weighted by Gasteiger charge is 2.19. The van der Waals surface area contributed by atoms with Crippen LogP contribution < -0.4 is 5.32 Å². The Bertz CT molecular complexity index is 1040. The Morgan fingerprint density at radius 2 is 2.04 bits per heavy atom. The Morgan fingerprint density at radius 3 is 2.78 bits per heavy atom. The van der Waals surface area contributed by atoms with Crippen LogP contribution >= 0.6 is 22.6 Å². The van der Waals surface area contributed by atoms with Crippen LogP contribution in [0.4, 0.5) is 5.69 Å². The maximum absolute atomic E-state index is 12.2. The van der Waals surface area contributed by atoms with Crippen molar-refractivity contribution in [3.05, 3.63) is 69.0 Å². The number of halogens is 1. The van der Waals surface area contributed by atoms with Crippen LogP contribution in [0.25, 0.3) is 17.0 Å². The molecule has 0 spiro atoms. The number of anilines is 1. The number of aryl methyl sites for hydroxylation is 1. The van der Waals surface area contributed by atoms with Gasteiger partial charge in [-0.25, -0.2) is 4.79 Å². The van der Waals surface area contributed by atoms with Crippen molar-refractivity contribution in [1.82, 2.24) is 0 Å². The summed E-state index contributed by atoms with van der Waals surface area (Å²) < 4.78 is 11.7. The number of hydrogen-bond donors (Lipinski definition) is 1. The van der Waals surface area contributed by atoms with Gasteiger partial charge in [-0.15, -0.1) is 0 Å². The van der Waals surface area contributed by atoms with Crippen molar-refractivity contribution < 1.29 is 18.7 Å². The van der Waals surface area contributed by atoms with Gasteiger partial charge in [0, 0.05) is 26.3 Å². The van der Waals surface area contributed by atoms with Crippen molar-refractivity contribution in [1.29, 1.82) is 0 Å². The van der Waals surface area contributed by atoms with E-state index in [2.05, 4.69) is 27.9 Å². The Morgan fingerprint density at radius 1 is 1.22 bits per heavy atom. The topological polar surface area (TPSA) is 68.5 Å². The van der Waals surface area contributed by atoms with Crippen LogP contribution in [0.5, 0.6) is 0 Å². The highest BCUT2D eigenvalue weighted by Crippen LogP contribution is 2.28. The molecule has 0 unspecified atom stereocenters. The van der Waals surface area contributed by atoms with Gasteiger partial charge in [-0.05, 0) is 78.4 Å². The molecule has 0 bridgehead atoms. The molecule has 0 saturated carbocycles. The van der Waals surface area contributed by atoms with E-state index >= 15 is 0 Å². The molecule has 0 aliphatic carbocycles. The Labute approximate surface area is 170 Å². The van der Waals surface area contributed by atoms with Gasteiger partial charge in [0.1, 0.15) is 5.58 Å². The molecule has 27 heavy (non-hydrogen) atoms. The predicted molar refractivity (Wildman–Crippen MR) is 114 cm³/mol. The quantitative estimate of drug-likeness (QED) is 0.314. The van der Waals surface area contributed by atoms with Crippen LogP contribution in [0, 0.1) is 10.5 Å². The summed E-state index contributed by atoms with van der Waals surface area (Å²) >= 11 is 2.23. The standard InChI is InChI=1S/C21H18INO4/c1-3-26-21(25)20-13(2)17-12-16(8-9-18(17)27-20)23-19(24)10-7-14-5-4-6-15(22)11-14/h4-12H,3H2,1-2H3,(H,23,24). The van der Waals surface area contributed by atoms with Gasteiger partial charge in [0.2, 0.25) is 11.7 Å². The molecule has 1 heterocycles. The maximum atomic E-state index is 12.2. The average molecular weight is 475 g/mol. The van der Waals surface area contributed by atoms with Gasteiger partial charge in [-0.3, -0.25) is 4.79 Å². The van der Waals surface area contributed by atoms with Gasteiger partial charge in [-0.2, -0.15) is 0 Å². The largest absolute Gasteiger partial charge is 0.460 e. The minimum atomic E-state index is -0.489. The molecule has 0 aliphatic heterocycles. The van der Waals surface area contributed by atoms with Crippen LogP contribution in [-0.4, -0.2) is 18.5 Å². The summed E-state index contributed by atoms with van der Waals surface area (Å²) in [5.41, 5.74) is 2.84. The summed E-state index contributed by atoms with van der Waals surface area (Å²) in [4.78, 5) is 24.1. The van der Waals surface area contributed by atoms with Gasteiger partial charge in [0.25, 0.3) is 0 Å². The molecule has 1 N–H and O–H groups in total. The Hall–Kier alpha value is -2.61. The first kappa shape index (κ1) is 19.2. The average Bonchev–Trinajstić information content (AvgIpc) is 2.97. The lowest BCUT2D eigenvalue weighted by Gasteiger charge is -2.02. The molecule has 6 heteroatoms. The van der Waals surface area contributed by atoms with Crippen LogP contribution in [-0.2, 0) is 9.53 Å². The zero-order valence-electron chi connectivity index (χ0n) is 14.9. The fraction of sp³-hybridized carbons (Fsp3) is 0.143. The van der Waals surface area contributed by atoms with E-state index in [-0.39, 0.29) is 18.3 Å². The third-order valence-electron chi connectivity index (χ3n) is 3.94. The smallest absolute Gasteiger partial charge is 0.374 e. The maximum Gasteiger partial charge on any atom is 0.374 e. The summed E-state index contributed by atoms with van der Waals surface area (Å²) in [5.74, 6) is -0.536. The molecule has 3 aromatic rings. The molecule has 2 aromatic carbocycles. The van der Waals surface area contributed by atoms with E-state index in [4.69, 9.17) is 9.15 Å². The first-order valence-electron chi connectivity index (χ1n) is 8.43. The van der Waals surface area contributed by atoms with E-state index in [1.54, 1.807) is 38.1 Å². The van der Waals surface area contributed by atoms with Gasteiger partial charge in [0.05, 0.1) is 6.61 Å². The Kier molecular flexibility index (Phi) is 5.95. The molecule has 0 atom stereocenters. The van der Waals surface area contributed by atoms with Crippen molar-refractivity contribution in [2.45, 2.75) is 13.8 Å². The number of rotatable bonds is 5. The van der Waals surface area contributed by atoms with Crippen LogP contribution in [0.3, 0.4) is 0 Å². The molecular formula is C21H18INO4. The third-order valence-corrected chi connectivity index (χ3v) is 4.61. The zero-order valence-corrected chi connectivity index (χ0v) is 17.1. The number of nitrogens with one attached hydrogen (secondary N) is 1. The van der Waals surface area contributed by atoms with Gasteiger partial charge < -0.3 is 14.5 Å². The molecule has 0 aliphatic rings. The van der Waals surface area contributed by atoms with E-state index in [0.717, 1.165) is 14.5 Å². The van der Waals surface area contributed by atoms with Crippen LogP contribution in [0.2, 0.25) is 0 Å². The number of esters is 1. The summed E-state index contributed by atoms with van der Waals surface area (Å²) in [6, 6.07) is 13.1. The fourth-order valence-corrected chi connectivity index (χ4v) is 3.22. The molecule has 0 fully saturated rings. The number of fused-ring (bicyclic) bond motifs is 1. The predicted octanol–water partition coefficient (Wildman–Crippen LogP) is 5.17. The summed E-state index contributed by atoms with van der Waals surface area (Å²) in [6.45, 7) is 3.82. The molecule has 0 saturated heterocycles. The zero-order chi connectivity index (χ0) is 19.4. The molecular weight excluding hydrogens is 457 g/mol. The molecule has 0 radical (unpaired) electrons. The molecule has 1 aromatic heterocycles. The molecule has 1 amide bonds. The third kappa shape index (κ3) is 4.57. The molecule has 5 nitrogen and oxygen atoms in total. The van der Waals surface area contributed by atoms with Crippen molar-refractivity contribution in [2.75, 3.05) is 11.9 Å². The second-order valence-electron chi connectivity index (χ2n) is 5.87. The van der Waals surface area contributed by atoms with Crippen molar-refractivity contribution >= 4 is 57.2 Å². The normalized spacial score (nSPS) is 11.1. The van der Waals surface area contributed by atoms with Crippen molar-refractivity contribution in [3.63, 3.8) is 0 Å². The summed E-state index contributed by atoms with van der Waals surface area (Å²) in [5, 5.41) is 3.59. The Balaban J connectivity index is 1.78. The lowest BCUT2D eigenvalue weighted by molar-refractivity contribution is -0.111. The number of carbonyl (C=O) groups excluding carboxylic acids is 2. The number of furan rings is 1. The lowest BCUT2D eigenvalue weighted by atomic mass is 10.1. The van der Waals surface area contributed by atoms with E-state index in [1.807, 2.05) is 24.3 Å². The van der Waals surface area contributed by atoms with E-state index in [0.29, 0.717) is 16.8 Å². The van der Waals surface area contributed by atoms with Crippen molar-refractivity contribution in [3.8, 4) is 0 Å². The number of amides is 1. The van der Waals surface area contributed by atoms with Crippen molar-refractivity contribution in [2.24, 2.45) is 0 Å². The van der Waals surface area contributed by atoms with Crippen LogP contribution in [0.1, 0.15) is 28.6 Å². The number of ether oxygens (including phenoxy) is 1. The second-order valence-corrected chi connectivity index (χ2v) is 7.11. The van der Waals surface area contributed by atoms with Gasteiger partial charge >= 0.3 is 5.97 Å². The molecule has 138 valence electrons. The minimum Gasteiger partial charge on any atom is -0.460 e. The first-order valence-corrected chi connectivity index (χ1v) is 9.50. The monoisotopic (exact) mass is 475 g/mol. The number of benzene rings is 2. The highest BCUT2D eigenvalue weighted by molar-refractivity contribution is 14.1. The fourth-order valence-electron chi connectivity index (χ4n) is 2.66. The lowest BCUT2D eigenvalue weighted by Crippen LogP contribution is -2.07. The second kappa shape index (κ2) is 8.39. The number of hydrogen-bond acceptors (Lipinski definition) is 4. The van der Waals surface area contributed by atoms with E-state index in [1.165, 1.54) is 6.08 Å². The summed E-state index contributed by atoms with van der Waals surface area (Å²) in [7, 11) is 0. The van der Waals surface area contributed by atoms with E-state index < -0.39 is 5.97 Å². The van der Waals surface area contributed by atoms with Crippen LogP contribution in [0.15, 0.2) is 53.0 Å². The minimum absolute atomic E-state index is 0.189. The highest BCUT2D eigenvalue weighted by atomic mass is 127. The van der Waals surface area contributed by atoms with E-state index in [9.17, 15) is 9.59 Å². The van der Waals surface area contributed by atoms with Gasteiger partial charge in [0.15, 0.2) is 0 Å².